The van der Waals surface area contributed by atoms with Crippen LogP contribution >= 0.6 is 0 Å². The minimum Gasteiger partial charge on any atom is -0.399 e. The van der Waals surface area contributed by atoms with Gasteiger partial charge >= 0.3 is 0 Å². The molecule has 0 spiro atoms. The van der Waals surface area contributed by atoms with Crippen LogP contribution in [0.2, 0.25) is 0 Å². The van der Waals surface area contributed by atoms with Gasteiger partial charge in [0.1, 0.15) is 5.82 Å². The molecule has 0 radical (unpaired) electrons. The molecule has 0 amide bonds. The standard InChI is InChI=1S/C20H24N6O/c21-16-5-4-6-17(14-16)25-20-24-11-8-18(26-20)15-7-10-23-19(13-15)22-9-2-1-3-12-27/h4-8,10-11,13-14,27H,1-3,9,12,21H2,(H,22,23)(H,24,25,26). The normalized spacial score (nSPS) is 10.6. The molecule has 1 aromatic carbocycles. The average Bonchev–Trinajstić information content (AvgIpc) is 2.68. The van der Waals surface area contributed by atoms with E-state index in [9.17, 15) is 0 Å². The predicted molar refractivity (Wildman–Crippen MR) is 109 cm³/mol. The minimum atomic E-state index is 0.243. The van der Waals surface area contributed by atoms with Crippen LogP contribution < -0.4 is 16.4 Å². The molecule has 0 aliphatic carbocycles. The molecule has 5 N–H and O–H groups in total. The summed E-state index contributed by atoms with van der Waals surface area (Å²) in [4.78, 5) is 13.2. The van der Waals surface area contributed by atoms with Crippen LogP contribution in [-0.2, 0) is 0 Å². The Bertz CT molecular complexity index is 870. The highest BCUT2D eigenvalue weighted by atomic mass is 16.2. The third kappa shape index (κ3) is 5.65. The largest absolute Gasteiger partial charge is 0.399 e. The fraction of sp³-hybridized carbons (Fsp3) is 0.250. The first-order valence-electron chi connectivity index (χ1n) is 9.01. The predicted octanol–water partition coefficient (Wildman–Crippen LogP) is 3.44. The third-order valence-corrected chi connectivity index (χ3v) is 4.00. The van der Waals surface area contributed by atoms with Crippen molar-refractivity contribution in [1.82, 2.24) is 15.0 Å². The van der Waals surface area contributed by atoms with E-state index in [0.717, 1.165) is 48.6 Å². The summed E-state index contributed by atoms with van der Waals surface area (Å²) in [6.45, 7) is 1.07. The number of nitrogen functional groups attached to an aromatic ring is 1. The summed E-state index contributed by atoms with van der Waals surface area (Å²) in [6.07, 6.45) is 6.30. The summed E-state index contributed by atoms with van der Waals surface area (Å²) in [5.41, 5.74) is 9.10. The van der Waals surface area contributed by atoms with Gasteiger partial charge in [0, 0.05) is 42.5 Å². The molecule has 0 aliphatic rings. The van der Waals surface area contributed by atoms with Crippen molar-refractivity contribution < 1.29 is 5.11 Å². The smallest absolute Gasteiger partial charge is 0.227 e. The number of anilines is 4. The van der Waals surface area contributed by atoms with E-state index in [1.165, 1.54) is 0 Å². The molecule has 2 aromatic heterocycles. The molecule has 7 nitrogen and oxygen atoms in total. The number of nitrogens with two attached hydrogens (primary N) is 1. The quantitative estimate of drug-likeness (QED) is 0.340. The van der Waals surface area contributed by atoms with Crippen molar-refractivity contribution in [3.63, 3.8) is 0 Å². The van der Waals surface area contributed by atoms with Crippen molar-refractivity contribution in [2.24, 2.45) is 0 Å². The Morgan fingerprint density at radius 2 is 1.85 bits per heavy atom. The highest BCUT2D eigenvalue weighted by Crippen LogP contribution is 2.22. The maximum atomic E-state index is 8.82. The van der Waals surface area contributed by atoms with Crippen LogP contribution in [0.25, 0.3) is 11.3 Å². The first-order chi connectivity index (χ1) is 13.2. The Kier molecular flexibility index (Phi) is 6.54. The van der Waals surface area contributed by atoms with Crippen LogP contribution in [0.5, 0.6) is 0 Å². The van der Waals surface area contributed by atoms with Crippen molar-refractivity contribution in [2.75, 3.05) is 29.5 Å². The number of nitrogens with zero attached hydrogens (tertiary/aromatic N) is 3. The Morgan fingerprint density at radius 3 is 2.70 bits per heavy atom. The zero-order valence-electron chi connectivity index (χ0n) is 15.1. The maximum Gasteiger partial charge on any atom is 0.227 e. The van der Waals surface area contributed by atoms with E-state index in [0.29, 0.717) is 11.6 Å². The Balaban J connectivity index is 1.68. The summed E-state index contributed by atoms with van der Waals surface area (Å²) >= 11 is 0. The van der Waals surface area contributed by atoms with Crippen LogP contribution in [0.1, 0.15) is 19.3 Å². The van der Waals surface area contributed by atoms with E-state index in [2.05, 4.69) is 25.6 Å². The molecule has 7 heteroatoms. The van der Waals surface area contributed by atoms with Gasteiger partial charge in [-0.05, 0) is 55.7 Å². The molecule has 0 atom stereocenters. The number of hydrogen-bond acceptors (Lipinski definition) is 7. The summed E-state index contributed by atoms with van der Waals surface area (Å²) in [6, 6.07) is 13.2. The number of hydrogen-bond donors (Lipinski definition) is 4. The monoisotopic (exact) mass is 364 g/mol. The summed E-state index contributed by atoms with van der Waals surface area (Å²) in [7, 11) is 0. The molecule has 0 unspecified atom stereocenters. The van der Waals surface area contributed by atoms with Gasteiger partial charge in [0.25, 0.3) is 0 Å². The Morgan fingerprint density at radius 1 is 0.963 bits per heavy atom. The zero-order valence-corrected chi connectivity index (χ0v) is 15.1. The first-order valence-corrected chi connectivity index (χ1v) is 9.01. The first kappa shape index (κ1) is 18.6. The topological polar surface area (TPSA) is 109 Å². The maximum absolute atomic E-state index is 8.82. The van der Waals surface area contributed by atoms with E-state index in [1.54, 1.807) is 12.4 Å². The van der Waals surface area contributed by atoms with Gasteiger partial charge in [0.05, 0.1) is 5.69 Å². The second-order valence-electron chi connectivity index (χ2n) is 6.16. The number of nitrogens with one attached hydrogen (secondary N) is 2. The number of pyridine rings is 1. The van der Waals surface area contributed by atoms with Crippen LogP contribution in [0, 0.1) is 0 Å². The van der Waals surface area contributed by atoms with Crippen LogP contribution in [0.3, 0.4) is 0 Å². The molecule has 0 aliphatic heterocycles. The molecule has 0 fully saturated rings. The van der Waals surface area contributed by atoms with Gasteiger partial charge in [-0.25, -0.2) is 15.0 Å². The summed E-state index contributed by atoms with van der Waals surface area (Å²) < 4.78 is 0. The van der Waals surface area contributed by atoms with E-state index in [-0.39, 0.29) is 6.61 Å². The highest BCUT2D eigenvalue weighted by molar-refractivity contribution is 5.65. The lowest BCUT2D eigenvalue weighted by Crippen LogP contribution is -2.04. The van der Waals surface area contributed by atoms with Gasteiger partial charge in [-0.1, -0.05) is 6.07 Å². The van der Waals surface area contributed by atoms with Crippen molar-refractivity contribution >= 4 is 23.1 Å². The number of unbranched alkanes of at least 4 members (excludes halogenated alkanes) is 2. The number of benzene rings is 1. The second-order valence-corrected chi connectivity index (χ2v) is 6.16. The van der Waals surface area contributed by atoms with E-state index >= 15 is 0 Å². The fourth-order valence-electron chi connectivity index (χ4n) is 2.64. The van der Waals surface area contributed by atoms with Crippen LogP contribution in [-0.4, -0.2) is 33.2 Å². The molecule has 2 heterocycles. The molecular weight excluding hydrogens is 340 g/mol. The lowest BCUT2D eigenvalue weighted by molar-refractivity contribution is 0.283. The lowest BCUT2D eigenvalue weighted by atomic mass is 10.2. The van der Waals surface area contributed by atoms with Crippen molar-refractivity contribution in [1.29, 1.82) is 0 Å². The molecule has 27 heavy (non-hydrogen) atoms. The molecule has 3 rings (SSSR count). The van der Waals surface area contributed by atoms with Crippen molar-refractivity contribution in [2.45, 2.75) is 19.3 Å². The molecule has 0 saturated carbocycles. The fourth-order valence-corrected chi connectivity index (χ4v) is 2.64. The molecule has 0 bridgehead atoms. The number of aliphatic hydroxyl groups is 1. The molecule has 3 aromatic rings. The Hall–Kier alpha value is -3.19. The second kappa shape index (κ2) is 9.49. The van der Waals surface area contributed by atoms with Crippen LogP contribution in [0.15, 0.2) is 54.9 Å². The van der Waals surface area contributed by atoms with Crippen LogP contribution in [0.4, 0.5) is 23.1 Å². The van der Waals surface area contributed by atoms with Crippen molar-refractivity contribution in [3.8, 4) is 11.3 Å². The van der Waals surface area contributed by atoms with Gasteiger partial charge in [0.15, 0.2) is 0 Å². The number of aliphatic hydroxyl groups excluding tert-OH is 1. The van der Waals surface area contributed by atoms with Gasteiger partial charge in [0.2, 0.25) is 5.95 Å². The number of rotatable bonds is 9. The van der Waals surface area contributed by atoms with Crippen molar-refractivity contribution in [3.05, 3.63) is 54.9 Å². The van der Waals surface area contributed by atoms with E-state index < -0.39 is 0 Å². The van der Waals surface area contributed by atoms with E-state index in [4.69, 9.17) is 10.8 Å². The summed E-state index contributed by atoms with van der Waals surface area (Å²) in [5.74, 6) is 1.31. The zero-order chi connectivity index (χ0) is 18.9. The average molecular weight is 364 g/mol. The third-order valence-electron chi connectivity index (χ3n) is 4.00. The van der Waals surface area contributed by atoms with Gasteiger partial charge in [-0.15, -0.1) is 0 Å². The van der Waals surface area contributed by atoms with Gasteiger partial charge in [-0.3, -0.25) is 0 Å². The SMILES string of the molecule is Nc1cccc(Nc2nccc(-c3ccnc(NCCCCCO)c3)n2)c1. The minimum absolute atomic E-state index is 0.243. The molecule has 0 saturated heterocycles. The molecule has 140 valence electrons. The van der Waals surface area contributed by atoms with Gasteiger partial charge in [-0.2, -0.15) is 0 Å². The Labute approximate surface area is 158 Å². The number of aromatic nitrogens is 3. The lowest BCUT2D eigenvalue weighted by Gasteiger charge is -2.09. The van der Waals surface area contributed by atoms with E-state index in [1.807, 2.05) is 42.5 Å². The highest BCUT2D eigenvalue weighted by Gasteiger charge is 2.05. The molecular formula is C20H24N6O. The van der Waals surface area contributed by atoms with Gasteiger partial charge < -0.3 is 21.5 Å². The summed E-state index contributed by atoms with van der Waals surface area (Å²) in [5, 5.41) is 15.3.